The zero-order chi connectivity index (χ0) is 10.5. The highest BCUT2D eigenvalue weighted by atomic mass is 32.2. The fourth-order valence-corrected chi connectivity index (χ4v) is 1.84. The Labute approximate surface area is 92.2 Å². The number of carbonyl (C=O) groups is 1. The van der Waals surface area contributed by atoms with Crippen molar-refractivity contribution in [2.75, 3.05) is 0 Å². The van der Waals surface area contributed by atoms with Crippen molar-refractivity contribution >= 4 is 24.1 Å². The molecule has 1 aromatic rings. The first kappa shape index (κ1) is 10.1. The first-order valence-corrected chi connectivity index (χ1v) is 5.41. The molecule has 4 nitrogen and oxygen atoms in total. The number of amides is 1. The summed E-state index contributed by atoms with van der Waals surface area (Å²) in [4.78, 5) is 13.0. The van der Waals surface area contributed by atoms with E-state index in [1.807, 2.05) is 29.7 Å². The molecule has 1 heterocycles. The van der Waals surface area contributed by atoms with E-state index in [2.05, 4.69) is 15.6 Å². The van der Waals surface area contributed by atoms with Crippen molar-refractivity contribution in [3.05, 3.63) is 40.8 Å². The van der Waals surface area contributed by atoms with Crippen LogP contribution in [0.3, 0.4) is 0 Å². The monoisotopic (exact) mass is 221 g/mol. The Kier molecular flexibility index (Phi) is 3.26. The molecule has 0 saturated heterocycles. The third kappa shape index (κ3) is 2.51. The predicted octanol–water partition coefficient (Wildman–Crippen LogP) is 0.987. The van der Waals surface area contributed by atoms with Gasteiger partial charge in [0.25, 0.3) is 0 Å². The van der Waals surface area contributed by atoms with Crippen LogP contribution >= 0.6 is 11.9 Å². The summed E-state index contributed by atoms with van der Waals surface area (Å²) in [6.45, 7) is 0.573. The maximum atomic E-state index is 10.1. The summed E-state index contributed by atoms with van der Waals surface area (Å²) in [5, 5.41) is 4.64. The molecule has 1 amide bonds. The topological polar surface area (TPSA) is 53.2 Å². The summed E-state index contributed by atoms with van der Waals surface area (Å²) in [7, 11) is 0. The van der Waals surface area contributed by atoms with Gasteiger partial charge in [-0.2, -0.15) is 4.83 Å². The predicted molar refractivity (Wildman–Crippen MR) is 61.2 cm³/mol. The fourth-order valence-electron chi connectivity index (χ4n) is 1.30. The number of hydrogen-bond donors (Lipinski definition) is 3. The molecule has 0 radical (unpaired) electrons. The molecule has 15 heavy (non-hydrogen) atoms. The van der Waals surface area contributed by atoms with Gasteiger partial charge in [-0.05, 0) is 23.1 Å². The van der Waals surface area contributed by atoms with Crippen LogP contribution in [0, 0.1) is 0 Å². The van der Waals surface area contributed by atoms with Gasteiger partial charge in [0, 0.05) is 12.0 Å². The highest BCUT2D eigenvalue weighted by Gasteiger charge is 2.05. The summed E-state index contributed by atoms with van der Waals surface area (Å²) in [5.74, 6) is 0. The molecule has 0 atom stereocenters. The van der Waals surface area contributed by atoms with Gasteiger partial charge in [-0.15, -0.1) is 0 Å². The second-order valence-corrected chi connectivity index (χ2v) is 3.75. The molecular formula is C10H11N3OS. The highest BCUT2D eigenvalue weighted by molar-refractivity contribution is 8.00. The third-order valence-corrected chi connectivity index (χ3v) is 2.65. The maximum absolute atomic E-state index is 10.1. The lowest BCUT2D eigenvalue weighted by Gasteiger charge is -2.05. The Bertz CT molecular complexity index is 375. The quantitative estimate of drug-likeness (QED) is 0.524. The smallest absolute Gasteiger partial charge is 0.207 e. The molecule has 3 N–H and O–H groups in total. The van der Waals surface area contributed by atoms with Crippen LogP contribution in [0.1, 0.15) is 11.1 Å². The maximum Gasteiger partial charge on any atom is 0.207 e. The lowest BCUT2D eigenvalue weighted by molar-refractivity contribution is -0.109. The van der Waals surface area contributed by atoms with E-state index in [1.54, 1.807) is 0 Å². The number of nitrogens with one attached hydrogen (secondary N) is 3. The van der Waals surface area contributed by atoms with Crippen LogP contribution in [0.4, 0.5) is 0 Å². The molecule has 1 aliphatic rings. The number of rotatable bonds is 4. The van der Waals surface area contributed by atoms with Crippen molar-refractivity contribution in [3.63, 3.8) is 0 Å². The van der Waals surface area contributed by atoms with E-state index in [9.17, 15) is 4.79 Å². The second-order valence-electron chi connectivity index (χ2n) is 3.07. The van der Waals surface area contributed by atoms with Gasteiger partial charge in [-0.3, -0.25) is 4.79 Å². The standard InChI is InChI=1S/C10H11N3OS/c14-7-11-5-8-1-3-9(4-2-8)10-6-15-13-12-10/h1-4,6-7,12-13H,5H2,(H,11,14). The van der Waals surface area contributed by atoms with Crippen LogP contribution in [-0.4, -0.2) is 6.41 Å². The first-order valence-electron chi connectivity index (χ1n) is 4.53. The molecular weight excluding hydrogens is 210 g/mol. The molecule has 2 rings (SSSR count). The molecule has 0 aromatic heterocycles. The zero-order valence-corrected chi connectivity index (χ0v) is 8.80. The summed E-state index contributed by atoms with van der Waals surface area (Å²) in [6, 6.07) is 8.04. The summed E-state index contributed by atoms with van der Waals surface area (Å²) < 4.78 is 0. The highest BCUT2D eigenvalue weighted by Crippen LogP contribution is 2.18. The largest absolute Gasteiger partial charge is 0.355 e. The van der Waals surface area contributed by atoms with Gasteiger partial charge in [0.2, 0.25) is 6.41 Å². The molecule has 0 fully saturated rings. The molecule has 1 aromatic carbocycles. The molecule has 78 valence electrons. The van der Waals surface area contributed by atoms with E-state index in [4.69, 9.17) is 0 Å². The Morgan fingerprint density at radius 1 is 1.33 bits per heavy atom. The van der Waals surface area contributed by atoms with E-state index in [1.165, 1.54) is 11.9 Å². The minimum Gasteiger partial charge on any atom is -0.355 e. The Hall–Kier alpha value is -1.46. The van der Waals surface area contributed by atoms with Crippen molar-refractivity contribution in [2.45, 2.75) is 6.54 Å². The van der Waals surface area contributed by atoms with Crippen molar-refractivity contribution in [1.82, 2.24) is 15.6 Å². The second kappa shape index (κ2) is 4.86. The number of hydrazine groups is 1. The van der Waals surface area contributed by atoms with Crippen LogP contribution in [0.15, 0.2) is 29.7 Å². The average Bonchev–Trinajstić information content (AvgIpc) is 2.80. The van der Waals surface area contributed by atoms with Crippen LogP contribution < -0.4 is 15.6 Å². The van der Waals surface area contributed by atoms with E-state index in [0.717, 1.165) is 16.8 Å². The van der Waals surface area contributed by atoms with Gasteiger partial charge in [0.05, 0.1) is 5.70 Å². The van der Waals surface area contributed by atoms with Gasteiger partial charge in [-0.25, -0.2) is 0 Å². The van der Waals surface area contributed by atoms with E-state index in [-0.39, 0.29) is 0 Å². The van der Waals surface area contributed by atoms with E-state index >= 15 is 0 Å². The van der Waals surface area contributed by atoms with Gasteiger partial charge >= 0.3 is 0 Å². The van der Waals surface area contributed by atoms with Crippen molar-refractivity contribution in [2.24, 2.45) is 0 Å². The minimum absolute atomic E-state index is 0.573. The van der Waals surface area contributed by atoms with Gasteiger partial charge in [-0.1, -0.05) is 24.3 Å². The molecule has 0 spiro atoms. The normalized spacial score (nSPS) is 14.3. The van der Waals surface area contributed by atoms with Crippen molar-refractivity contribution in [1.29, 1.82) is 0 Å². The third-order valence-electron chi connectivity index (χ3n) is 2.08. The van der Waals surface area contributed by atoms with Crippen LogP contribution in [0.5, 0.6) is 0 Å². The average molecular weight is 221 g/mol. The number of benzene rings is 1. The minimum atomic E-state index is 0.573. The summed E-state index contributed by atoms with van der Waals surface area (Å²) in [6.07, 6.45) is 0.704. The van der Waals surface area contributed by atoms with Gasteiger partial charge in [0.15, 0.2) is 0 Å². The van der Waals surface area contributed by atoms with Gasteiger partial charge in [0.1, 0.15) is 0 Å². The molecule has 1 aliphatic heterocycles. The Balaban J connectivity index is 2.06. The zero-order valence-electron chi connectivity index (χ0n) is 7.99. The van der Waals surface area contributed by atoms with E-state index in [0.29, 0.717) is 13.0 Å². The fraction of sp³-hybridized carbons (Fsp3) is 0.100. The lowest BCUT2D eigenvalue weighted by atomic mass is 10.1. The van der Waals surface area contributed by atoms with Crippen LogP contribution in [0.2, 0.25) is 0 Å². The van der Waals surface area contributed by atoms with Crippen LogP contribution in [0.25, 0.3) is 5.70 Å². The first-order chi connectivity index (χ1) is 7.40. The van der Waals surface area contributed by atoms with Gasteiger partial charge < -0.3 is 10.7 Å². The Morgan fingerprint density at radius 2 is 2.13 bits per heavy atom. The molecule has 0 bridgehead atoms. The van der Waals surface area contributed by atoms with Crippen molar-refractivity contribution in [3.8, 4) is 0 Å². The molecule has 0 saturated carbocycles. The van der Waals surface area contributed by atoms with Crippen molar-refractivity contribution < 1.29 is 4.79 Å². The number of carbonyl (C=O) groups excluding carboxylic acids is 1. The number of hydrogen-bond acceptors (Lipinski definition) is 4. The lowest BCUT2D eigenvalue weighted by Crippen LogP contribution is -2.17. The molecule has 5 heteroatoms. The summed E-state index contributed by atoms with van der Waals surface area (Å²) in [5.41, 5.74) is 6.32. The van der Waals surface area contributed by atoms with Crippen LogP contribution in [-0.2, 0) is 11.3 Å². The molecule has 0 aliphatic carbocycles. The van der Waals surface area contributed by atoms with E-state index < -0.39 is 0 Å². The Morgan fingerprint density at radius 3 is 2.73 bits per heavy atom. The SMILES string of the molecule is O=CNCc1ccc(C2=CSNN2)cc1. The summed E-state index contributed by atoms with van der Waals surface area (Å²) >= 11 is 1.51. The molecule has 0 unspecified atom stereocenters.